The fraction of sp³-hybridized carbons (Fsp3) is 0.667. The van der Waals surface area contributed by atoms with Crippen molar-refractivity contribution in [3.8, 4) is 0 Å². The van der Waals surface area contributed by atoms with Gasteiger partial charge in [0, 0.05) is 16.2 Å². The van der Waals surface area contributed by atoms with E-state index in [0.29, 0.717) is 13.0 Å². The van der Waals surface area contributed by atoms with Crippen molar-refractivity contribution in [3.63, 3.8) is 0 Å². The minimum absolute atomic E-state index is 0.0839. The molecule has 0 aliphatic heterocycles. The Labute approximate surface area is 114 Å². The second-order valence-electron chi connectivity index (χ2n) is 4.68. The van der Waals surface area contributed by atoms with Crippen molar-refractivity contribution in [3.05, 3.63) is 21.4 Å². The first-order valence-electron chi connectivity index (χ1n) is 6.85. The van der Waals surface area contributed by atoms with Crippen molar-refractivity contribution < 1.29 is 9.53 Å². The van der Waals surface area contributed by atoms with Gasteiger partial charge in [-0.25, -0.2) is 0 Å². The van der Waals surface area contributed by atoms with Crippen LogP contribution >= 0.6 is 11.3 Å². The van der Waals surface area contributed by atoms with Gasteiger partial charge in [0.05, 0.1) is 6.61 Å². The number of carbonyl (C=O) groups is 1. The van der Waals surface area contributed by atoms with E-state index in [2.05, 4.69) is 19.9 Å². The highest BCUT2D eigenvalue weighted by molar-refractivity contribution is 7.12. The van der Waals surface area contributed by atoms with Crippen LogP contribution in [0.4, 0.5) is 0 Å². The first-order valence-corrected chi connectivity index (χ1v) is 7.66. The van der Waals surface area contributed by atoms with Gasteiger partial charge < -0.3 is 4.74 Å². The molecule has 3 heteroatoms. The maximum absolute atomic E-state index is 10.9. The van der Waals surface area contributed by atoms with Gasteiger partial charge in [0.25, 0.3) is 0 Å². The van der Waals surface area contributed by atoms with Gasteiger partial charge in [-0.3, -0.25) is 4.79 Å². The molecule has 0 aliphatic carbocycles. The van der Waals surface area contributed by atoms with Crippen LogP contribution in [-0.2, 0) is 16.0 Å². The van der Waals surface area contributed by atoms with Gasteiger partial charge in [-0.05, 0) is 44.7 Å². The fourth-order valence-corrected chi connectivity index (χ4v) is 2.97. The topological polar surface area (TPSA) is 26.3 Å². The smallest absolute Gasteiger partial charge is 0.305 e. The molecule has 2 nitrogen and oxygen atoms in total. The number of carbonyl (C=O) groups excluding carboxylic acids is 1. The summed E-state index contributed by atoms with van der Waals surface area (Å²) >= 11 is 1.89. The van der Waals surface area contributed by atoms with Gasteiger partial charge in [-0.15, -0.1) is 11.3 Å². The minimum Gasteiger partial charge on any atom is -0.466 e. The fourth-order valence-electron chi connectivity index (χ4n) is 1.99. The van der Waals surface area contributed by atoms with Crippen LogP contribution < -0.4 is 0 Å². The van der Waals surface area contributed by atoms with E-state index in [1.807, 2.05) is 18.3 Å². The molecule has 0 atom stereocenters. The second-order valence-corrected chi connectivity index (χ2v) is 6.14. The third-order valence-corrected chi connectivity index (χ3v) is 4.04. The second kappa shape index (κ2) is 8.30. The van der Waals surface area contributed by atoms with E-state index >= 15 is 0 Å². The largest absolute Gasteiger partial charge is 0.466 e. The number of hydrogen-bond donors (Lipinski definition) is 0. The van der Waals surface area contributed by atoms with Crippen LogP contribution in [0.3, 0.4) is 0 Å². The first kappa shape index (κ1) is 15.2. The molecule has 0 N–H and O–H groups in total. The summed E-state index contributed by atoms with van der Waals surface area (Å²) in [5, 5.41) is 0. The average Bonchev–Trinajstić information content (AvgIpc) is 2.66. The van der Waals surface area contributed by atoms with E-state index in [0.717, 1.165) is 12.8 Å². The van der Waals surface area contributed by atoms with E-state index in [-0.39, 0.29) is 5.97 Å². The van der Waals surface area contributed by atoms with E-state index < -0.39 is 0 Å². The Hall–Kier alpha value is -0.830. The van der Waals surface area contributed by atoms with Crippen LogP contribution in [-0.4, -0.2) is 12.6 Å². The molecule has 0 unspecified atom stereocenters. The Balaban J connectivity index is 2.02. The molecule has 0 aromatic carbocycles. The zero-order valence-corrected chi connectivity index (χ0v) is 12.6. The quantitative estimate of drug-likeness (QED) is 0.515. The van der Waals surface area contributed by atoms with E-state index in [9.17, 15) is 4.79 Å². The maximum atomic E-state index is 10.9. The Morgan fingerprint density at radius 2 is 1.94 bits per heavy atom. The third-order valence-electron chi connectivity index (χ3n) is 3.04. The van der Waals surface area contributed by atoms with Gasteiger partial charge in [-0.2, -0.15) is 0 Å². The number of thiophene rings is 1. The molecule has 18 heavy (non-hydrogen) atoms. The molecule has 0 radical (unpaired) electrons. The van der Waals surface area contributed by atoms with Crippen molar-refractivity contribution in [2.45, 2.75) is 59.3 Å². The average molecular weight is 268 g/mol. The summed E-state index contributed by atoms with van der Waals surface area (Å²) in [6.45, 7) is 6.79. The van der Waals surface area contributed by atoms with Crippen LogP contribution in [0, 0.1) is 13.8 Å². The maximum Gasteiger partial charge on any atom is 0.305 e. The zero-order chi connectivity index (χ0) is 13.4. The zero-order valence-electron chi connectivity index (χ0n) is 11.8. The van der Waals surface area contributed by atoms with Crippen molar-refractivity contribution in [2.24, 2.45) is 0 Å². The lowest BCUT2D eigenvalue weighted by Crippen LogP contribution is -2.03. The van der Waals surface area contributed by atoms with Gasteiger partial charge in [0.1, 0.15) is 0 Å². The predicted octanol–water partition coefficient (Wildman–Crippen LogP) is 4.42. The first-order chi connectivity index (χ1) is 8.63. The lowest BCUT2D eigenvalue weighted by molar-refractivity contribution is -0.143. The molecule has 0 spiro atoms. The van der Waals surface area contributed by atoms with Crippen LogP contribution in [0.2, 0.25) is 0 Å². The summed E-state index contributed by atoms with van der Waals surface area (Å²) < 4.78 is 5.04. The molecule has 1 aromatic heterocycles. The molecule has 1 aromatic rings. The molecule has 0 amide bonds. The van der Waals surface area contributed by atoms with Crippen molar-refractivity contribution in [2.75, 3.05) is 6.61 Å². The van der Waals surface area contributed by atoms with Crippen LogP contribution in [0.5, 0.6) is 0 Å². The summed E-state index contributed by atoms with van der Waals surface area (Å²) in [6.07, 6.45) is 6.27. The summed E-state index contributed by atoms with van der Waals surface area (Å²) in [4.78, 5) is 13.8. The molecule has 0 saturated carbocycles. The van der Waals surface area contributed by atoms with Crippen molar-refractivity contribution in [1.29, 1.82) is 0 Å². The van der Waals surface area contributed by atoms with Crippen LogP contribution in [0.15, 0.2) is 6.07 Å². The van der Waals surface area contributed by atoms with Crippen LogP contribution in [0.1, 0.15) is 54.3 Å². The number of unbranched alkanes of at least 4 members (excludes halogenated alkanes) is 3. The Morgan fingerprint density at radius 1 is 1.22 bits per heavy atom. The van der Waals surface area contributed by atoms with E-state index in [1.165, 1.54) is 34.6 Å². The molecule has 102 valence electrons. The predicted molar refractivity (Wildman–Crippen MR) is 77.2 cm³/mol. The molecular formula is C15H24O2S. The molecule has 0 bridgehead atoms. The monoisotopic (exact) mass is 268 g/mol. The van der Waals surface area contributed by atoms with Gasteiger partial charge >= 0.3 is 5.97 Å². The van der Waals surface area contributed by atoms with E-state index in [4.69, 9.17) is 4.74 Å². The Morgan fingerprint density at radius 3 is 2.56 bits per heavy atom. The number of aryl methyl sites for hydroxylation is 3. The highest BCUT2D eigenvalue weighted by Crippen LogP contribution is 2.22. The Bertz CT molecular complexity index is 369. The lowest BCUT2D eigenvalue weighted by atomic mass is 10.1. The number of esters is 1. The molecule has 0 saturated heterocycles. The standard InChI is InChI=1S/C15H24O2S/c1-4-15(16)17-10-8-6-5-7-9-14-11-12(2)18-13(14)3/h11H,4-10H2,1-3H3. The molecule has 1 heterocycles. The highest BCUT2D eigenvalue weighted by Gasteiger charge is 2.02. The summed E-state index contributed by atoms with van der Waals surface area (Å²) in [6, 6.07) is 2.31. The summed E-state index contributed by atoms with van der Waals surface area (Å²) in [7, 11) is 0. The molecule has 0 aliphatic rings. The van der Waals surface area contributed by atoms with Crippen molar-refractivity contribution in [1.82, 2.24) is 0 Å². The number of rotatable bonds is 8. The summed E-state index contributed by atoms with van der Waals surface area (Å²) in [5.74, 6) is -0.0839. The molecule has 1 rings (SSSR count). The SMILES string of the molecule is CCC(=O)OCCCCCCc1cc(C)sc1C. The number of ether oxygens (including phenoxy) is 1. The van der Waals surface area contributed by atoms with Crippen molar-refractivity contribution >= 4 is 17.3 Å². The lowest BCUT2D eigenvalue weighted by Gasteiger charge is -2.03. The van der Waals surface area contributed by atoms with Crippen LogP contribution in [0.25, 0.3) is 0 Å². The molecule has 0 fully saturated rings. The van der Waals surface area contributed by atoms with Gasteiger partial charge in [0.2, 0.25) is 0 Å². The molecular weight excluding hydrogens is 244 g/mol. The minimum atomic E-state index is -0.0839. The van der Waals surface area contributed by atoms with Gasteiger partial charge in [0.15, 0.2) is 0 Å². The highest BCUT2D eigenvalue weighted by atomic mass is 32.1. The van der Waals surface area contributed by atoms with Gasteiger partial charge in [-0.1, -0.05) is 19.8 Å². The number of hydrogen-bond acceptors (Lipinski definition) is 3. The Kier molecular flexibility index (Phi) is 7.02. The normalized spacial score (nSPS) is 10.6. The third kappa shape index (κ3) is 5.67. The van der Waals surface area contributed by atoms with E-state index in [1.54, 1.807) is 0 Å². The summed E-state index contributed by atoms with van der Waals surface area (Å²) in [5.41, 5.74) is 1.51.